The number of carboxylic acids is 1. The van der Waals surface area contributed by atoms with Crippen LogP contribution in [-0.4, -0.2) is 127 Å². The summed E-state index contributed by atoms with van der Waals surface area (Å²) < 4.78 is 0. The number of nitrogens with two attached hydrogens (primary N) is 3. The number of carboxylic acid groups (broad SMARTS) is 1. The van der Waals surface area contributed by atoms with Gasteiger partial charge in [-0.2, -0.15) is 0 Å². The van der Waals surface area contributed by atoms with Crippen molar-refractivity contribution in [3.63, 3.8) is 0 Å². The van der Waals surface area contributed by atoms with E-state index in [4.69, 9.17) is 17.2 Å². The Labute approximate surface area is 339 Å². The SMILES string of the molecule is CCC(NC(=O)C(CCCN=C(N)N)NC(=O)CNC(=O)C(C)NC(=O)CNC(=O)C(N)C(C)C)C(=O)NC(CC(C)C)C(=O)NCC(=O)NC(CC(C)C)C(=O)O. The lowest BCUT2D eigenvalue weighted by molar-refractivity contribution is -0.142. The van der Waals surface area contributed by atoms with Gasteiger partial charge in [-0.25, -0.2) is 4.79 Å². The normalized spacial score (nSPS) is 14.1. The van der Waals surface area contributed by atoms with E-state index in [0.717, 1.165) is 0 Å². The van der Waals surface area contributed by atoms with Crippen molar-refractivity contribution in [3.05, 3.63) is 0 Å². The molecule has 0 aromatic carbocycles. The molecule has 0 spiro atoms. The van der Waals surface area contributed by atoms with Gasteiger partial charge in [0.15, 0.2) is 5.96 Å². The molecule has 22 heteroatoms. The standard InChI is InChI=1S/C36H66N12O10/c1-9-22(32(54)48-24(13-18(2)3)31(53)42-17-28(51)46-25(35(57)58)14-19(4)5)47-33(55)23(11-10-12-40-36(38)39)45-27(50)16-41-30(52)21(8)44-26(49)15-43-34(56)29(37)20(6)7/h18-25,29H,9-17,37H2,1-8H3,(H,41,52)(H,42,53)(H,43,56)(H,44,49)(H,45,50)(H,46,51)(H,47,55)(H,48,54)(H,57,58)(H4,38,39,40). The Morgan fingerprint density at radius 2 is 1.02 bits per heavy atom. The van der Waals surface area contributed by atoms with E-state index >= 15 is 0 Å². The lowest BCUT2D eigenvalue weighted by Gasteiger charge is -2.25. The number of hydrogen-bond acceptors (Lipinski definition) is 11. The zero-order valence-corrected chi connectivity index (χ0v) is 34.9. The second-order valence-corrected chi connectivity index (χ2v) is 15.0. The Hall–Kier alpha value is -5.54. The first kappa shape index (κ1) is 52.5. The molecule has 8 amide bonds. The lowest BCUT2D eigenvalue weighted by Crippen LogP contribution is -2.57. The van der Waals surface area contributed by atoms with Crippen LogP contribution in [0.25, 0.3) is 0 Å². The van der Waals surface area contributed by atoms with Crippen molar-refractivity contribution >= 4 is 59.2 Å². The van der Waals surface area contributed by atoms with Crippen LogP contribution in [0.3, 0.4) is 0 Å². The van der Waals surface area contributed by atoms with E-state index in [2.05, 4.69) is 47.5 Å². The molecule has 0 bridgehead atoms. The summed E-state index contributed by atoms with van der Waals surface area (Å²) in [6, 6.07) is -6.58. The number of nitrogens with one attached hydrogen (secondary N) is 8. The van der Waals surface area contributed by atoms with Crippen molar-refractivity contribution in [1.29, 1.82) is 0 Å². The predicted molar refractivity (Wildman–Crippen MR) is 214 cm³/mol. The highest BCUT2D eigenvalue weighted by atomic mass is 16.4. The van der Waals surface area contributed by atoms with Crippen LogP contribution >= 0.6 is 0 Å². The minimum atomic E-state index is -1.23. The van der Waals surface area contributed by atoms with Gasteiger partial charge in [0.2, 0.25) is 47.3 Å². The number of guanidine groups is 1. The number of aliphatic carboxylic acids is 1. The van der Waals surface area contributed by atoms with Crippen molar-refractivity contribution in [2.45, 2.75) is 124 Å². The highest BCUT2D eigenvalue weighted by molar-refractivity contribution is 5.96. The molecule has 0 fully saturated rings. The molecule has 0 radical (unpaired) electrons. The minimum absolute atomic E-state index is 0.0132. The maximum atomic E-state index is 13.5. The summed E-state index contributed by atoms with van der Waals surface area (Å²) in [5.41, 5.74) is 16.5. The van der Waals surface area contributed by atoms with E-state index in [-0.39, 0.29) is 62.4 Å². The number of amides is 8. The molecule has 0 aliphatic carbocycles. The number of hydrogen-bond donors (Lipinski definition) is 12. The van der Waals surface area contributed by atoms with Gasteiger partial charge in [0.1, 0.15) is 30.2 Å². The summed E-state index contributed by atoms with van der Waals surface area (Å²) in [4.78, 5) is 118. The molecule has 330 valence electrons. The van der Waals surface area contributed by atoms with Crippen LogP contribution in [0.4, 0.5) is 0 Å². The Bertz CT molecular complexity index is 1450. The van der Waals surface area contributed by atoms with Gasteiger partial charge < -0.3 is 64.8 Å². The molecule has 0 aliphatic heterocycles. The third-order valence-corrected chi connectivity index (χ3v) is 8.38. The Kier molecular flexibility index (Phi) is 24.6. The molecule has 0 aromatic heterocycles. The van der Waals surface area contributed by atoms with Gasteiger partial charge in [-0.05, 0) is 56.8 Å². The third kappa shape index (κ3) is 22.3. The molecule has 6 atom stereocenters. The Balaban J connectivity index is 5.57. The molecular weight excluding hydrogens is 760 g/mol. The summed E-state index contributed by atoms with van der Waals surface area (Å²) in [6.07, 6.45) is 0.657. The Morgan fingerprint density at radius 1 is 0.569 bits per heavy atom. The third-order valence-electron chi connectivity index (χ3n) is 8.38. The van der Waals surface area contributed by atoms with Crippen LogP contribution in [0.1, 0.15) is 87.5 Å². The molecule has 0 rings (SSSR count). The van der Waals surface area contributed by atoms with Crippen molar-refractivity contribution in [1.82, 2.24) is 42.5 Å². The molecule has 0 aliphatic rings. The molecule has 6 unspecified atom stereocenters. The second kappa shape index (κ2) is 27.2. The Morgan fingerprint density at radius 3 is 1.50 bits per heavy atom. The van der Waals surface area contributed by atoms with Gasteiger partial charge in [0, 0.05) is 6.54 Å². The zero-order valence-electron chi connectivity index (χ0n) is 34.9. The predicted octanol–water partition coefficient (Wildman–Crippen LogP) is -3.60. The van der Waals surface area contributed by atoms with Crippen molar-refractivity contribution in [2.24, 2.45) is 39.9 Å². The number of rotatable bonds is 27. The van der Waals surface area contributed by atoms with Gasteiger partial charge in [-0.1, -0.05) is 48.5 Å². The van der Waals surface area contributed by atoms with Crippen LogP contribution in [0.15, 0.2) is 4.99 Å². The number of carbonyl (C=O) groups excluding carboxylic acids is 8. The first-order valence-electron chi connectivity index (χ1n) is 19.3. The summed E-state index contributed by atoms with van der Waals surface area (Å²) in [5.74, 6) is -7.29. The van der Waals surface area contributed by atoms with E-state index in [9.17, 15) is 48.3 Å². The van der Waals surface area contributed by atoms with E-state index < -0.39 is 109 Å². The quantitative estimate of drug-likeness (QED) is 0.0217. The maximum Gasteiger partial charge on any atom is 0.326 e. The molecule has 0 heterocycles. The molecule has 22 nitrogen and oxygen atoms in total. The smallest absolute Gasteiger partial charge is 0.326 e. The summed E-state index contributed by atoms with van der Waals surface area (Å²) in [5, 5.41) is 29.0. The molecule has 0 aromatic rings. The second-order valence-electron chi connectivity index (χ2n) is 15.0. The monoisotopic (exact) mass is 827 g/mol. The highest BCUT2D eigenvalue weighted by Gasteiger charge is 2.30. The van der Waals surface area contributed by atoms with Crippen molar-refractivity contribution < 1.29 is 48.3 Å². The van der Waals surface area contributed by atoms with Gasteiger partial charge in [-0.15, -0.1) is 0 Å². The number of carbonyl (C=O) groups is 9. The van der Waals surface area contributed by atoms with Crippen LogP contribution in [0.2, 0.25) is 0 Å². The topological polar surface area (TPSA) is 361 Å². The first-order valence-corrected chi connectivity index (χ1v) is 19.3. The summed E-state index contributed by atoms with van der Waals surface area (Å²) in [6.45, 7) is 12.2. The van der Waals surface area contributed by atoms with Gasteiger partial charge in [0.25, 0.3) is 0 Å². The van der Waals surface area contributed by atoms with Gasteiger partial charge in [-0.3, -0.25) is 43.3 Å². The van der Waals surface area contributed by atoms with Crippen LogP contribution < -0.4 is 59.7 Å². The van der Waals surface area contributed by atoms with Crippen LogP contribution in [-0.2, 0) is 43.2 Å². The minimum Gasteiger partial charge on any atom is -0.480 e. The van der Waals surface area contributed by atoms with E-state index in [1.165, 1.54) is 6.92 Å². The lowest BCUT2D eigenvalue weighted by atomic mass is 10.0. The fourth-order valence-electron chi connectivity index (χ4n) is 5.11. The molecule has 0 saturated heterocycles. The first-order chi connectivity index (χ1) is 27.0. The number of aliphatic imine (C=N–C) groups is 1. The average Bonchev–Trinajstić information content (AvgIpc) is 3.13. The van der Waals surface area contributed by atoms with E-state index in [0.29, 0.717) is 0 Å². The van der Waals surface area contributed by atoms with Crippen molar-refractivity contribution in [3.8, 4) is 0 Å². The highest BCUT2D eigenvalue weighted by Crippen LogP contribution is 2.08. The van der Waals surface area contributed by atoms with Crippen molar-refractivity contribution in [2.75, 3.05) is 26.2 Å². The van der Waals surface area contributed by atoms with Crippen LogP contribution in [0, 0.1) is 17.8 Å². The van der Waals surface area contributed by atoms with E-state index in [1.807, 2.05) is 13.8 Å². The van der Waals surface area contributed by atoms with Crippen LogP contribution in [0.5, 0.6) is 0 Å². The molecule has 58 heavy (non-hydrogen) atoms. The van der Waals surface area contributed by atoms with E-state index in [1.54, 1.807) is 34.6 Å². The zero-order chi connectivity index (χ0) is 44.7. The maximum absolute atomic E-state index is 13.5. The number of nitrogens with zero attached hydrogens (tertiary/aromatic N) is 1. The van der Waals surface area contributed by atoms with Gasteiger partial charge >= 0.3 is 5.97 Å². The van der Waals surface area contributed by atoms with Gasteiger partial charge in [0.05, 0.1) is 25.7 Å². The molecule has 0 saturated carbocycles. The largest absolute Gasteiger partial charge is 0.480 e. The molecule has 15 N–H and O–H groups in total. The average molecular weight is 827 g/mol. The molecular formula is C36H66N12O10. The fraction of sp³-hybridized carbons (Fsp3) is 0.722. The summed E-state index contributed by atoms with van der Waals surface area (Å²) >= 11 is 0. The fourth-order valence-corrected chi connectivity index (χ4v) is 5.11. The summed E-state index contributed by atoms with van der Waals surface area (Å²) in [7, 11) is 0.